The minimum Gasteiger partial charge on any atom is -0.426 e. The van der Waals surface area contributed by atoms with Crippen molar-refractivity contribution in [1.82, 2.24) is 5.48 Å². The monoisotopic (exact) mass is 417 g/mol. The van der Waals surface area contributed by atoms with Crippen molar-refractivity contribution in [3.8, 4) is 5.75 Å². The Balaban J connectivity index is 1.88. The lowest BCUT2D eigenvalue weighted by atomic mass is 9.66. The number of hydrogen-bond donors (Lipinski definition) is 2. The van der Waals surface area contributed by atoms with Crippen molar-refractivity contribution in [2.45, 2.75) is 31.1 Å². The lowest BCUT2D eigenvalue weighted by Gasteiger charge is -2.37. The van der Waals surface area contributed by atoms with Gasteiger partial charge in [0.25, 0.3) is 0 Å². The van der Waals surface area contributed by atoms with Gasteiger partial charge in [-0.25, -0.2) is 5.48 Å². The second-order valence-electron chi connectivity index (χ2n) is 6.54. The summed E-state index contributed by atoms with van der Waals surface area (Å²) in [6.45, 7) is 0. The fourth-order valence-corrected chi connectivity index (χ4v) is 3.80. The first-order valence-corrected chi connectivity index (χ1v) is 9.32. The van der Waals surface area contributed by atoms with Crippen LogP contribution >= 0.6 is 15.9 Å². The minimum atomic E-state index is -0.803. The van der Waals surface area contributed by atoms with Crippen LogP contribution < -0.4 is 10.2 Å². The van der Waals surface area contributed by atoms with Gasteiger partial charge in [-0.3, -0.25) is 14.8 Å². The van der Waals surface area contributed by atoms with Gasteiger partial charge in [0.15, 0.2) is 0 Å². The number of ether oxygens (including phenoxy) is 1. The number of hydroxylamine groups is 1. The molecule has 1 aliphatic rings. The van der Waals surface area contributed by atoms with E-state index in [1.54, 1.807) is 17.6 Å². The van der Waals surface area contributed by atoms with Crippen LogP contribution in [0.4, 0.5) is 0 Å². The molecule has 6 heteroatoms. The average Bonchev–Trinajstić information content (AvgIpc) is 2.68. The summed E-state index contributed by atoms with van der Waals surface area (Å²) in [7, 11) is 0. The van der Waals surface area contributed by atoms with Crippen LogP contribution in [0.3, 0.4) is 0 Å². The molecule has 2 aromatic rings. The third-order valence-corrected chi connectivity index (χ3v) is 5.59. The molecule has 2 aromatic carbocycles. The van der Waals surface area contributed by atoms with E-state index in [9.17, 15) is 9.59 Å². The first-order valence-electron chi connectivity index (χ1n) is 8.52. The molecule has 1 amide bonds. The highest BCUT2D eigenvalue weighted by Crippen LogP contribution is 2.43. The van der Waals surface area contributed by atoms with Crippen molar-refractivity contribution in [3.05, 3.63) is 64.6 Å². The molecular weight excluding hydrogens is 398 g/mol. The molecule has 1 saturated carbocycles. The highest BCUT2D eigenvalue weighted by atomic mass is 79.9. The quantitative estimate of drug-likeness (QED) is 0.341. The van der Waals surface area contributed by atoms with E-state index in [0.29, 0.717) is 31.4 Å². The first-order chi connectivity index (χ1) is 12.5. The number of carbonyl (C=O) groups is 2. The normalized spacial score (nSPS) is 22.5. The Hall–Kier alpha value is -2.18. The zero-order chi connectivity index (χ0) is 18.6. The third-order valence-electron chi connectivity index (χ3n) is 5.06. The molecule has 0 saturated heterocycles. The maximum atomic E-state index is 13.1. The van der Waals surface area contributed by atoms with Gasteiger partial charge in [-0.1, -0.05) is 46.3 Å². The van der Waals surface area contributed by atoms with Crippen molar-refractivity contribution in [1.29, 1.82) is 0 Å². The highest BCUT2D eigenvalue weighted by Gasteiger charge is 2.46. The fourth-order valence-electron chi connectivity index (χ4n) is 3.54. The zero-order valence-electron chi connectivity index (χ0n) is 14.2. The molecule has 2 N–H and O–H groups in total. The Bertz CT molecular complexity index is 768. The average molecular weight is 418 g/mol. The Labute approximate surface area is 160 Å². The number of rotatable bonds is 4. The summed E-state index contributed by atoms with van der Waals surface area (Å²) in [4.78, 5) is 24.9. The van der Waals surface area contributed by atoms with Crippen LogP contribution in [0.15, 0.2) is 59.1 Å². The van der Waals surface area contributed by atoms with Gasteiger partial charge < -0.3 is 4.74 Å². The van der Waals surface area contributed by atoms with Crippen molar-refractivity contribution < 1.29 is 19.5 Å². The van der Waals surface area contributed by atoms with Crippen LogP contribution in [0.25, 0.3) is 0 Å². The van der Waals surface area contributed by atoms with Crippen molar-refractivity contribution in [2.24, 2.45) is 5.92 Å². The number of benzene rings is 2. The predicted molar refractivity (Wildman–Crippen MR) is 99.8 cm³/mol. The Kier molecular flexibility index (Phi) is 5.74. The Morgan fingerprint density at radius 2 is 1.65 bits per heavy atom. The highest BCUT2D eigenvalue weighted by molar-refractivity contribution is 9.10. The van der Waals surface area contributed by atoms with E-state index < -0.39 is 11.3 Å². The molecule has 1 aliphatic carbocycles. The molecular formula is C20H20BrNO4. The minimum absolute atomic E-state index is 0.298. The second-order valence-corrected chi connectivity index (χ2v) is 7.46. The SMILES string of the molecule is O=C(NO)C1CCC(C(=O)Oc2ccccc2)(c2ccc(Br)cc2)CC1. The molecule has 0 aliphatic heterocycles. The van der Waals surface area contributed by atoms with Crippen LogP contribution in [-0.4, -0.2) is 17.1 Å². The molecule has 136 valence electrons. The summed E-state index contributed by atoms with van der Waals surface area (Å²) in [6.07, 6.45) is 1.98. The zero-order valence-corrected chi connectivity index (χ0v) is 15.7. The van der Waals surface area contributed by atoms with Crippen LogP contribution in [0.1, 0.15) is 31.2 Å². The van der Waals surface area contributed by atoms with E-state index in [4.69, 9.17) is 9.94 Å². The molecule has 1 fully saturated rings. The van der Waals surface area contributed by atoms with Gasteiger partial charge in [0, 0.05) is 10.4 Å². The van der Waals surface area contributed by atoms with Gasteiger partial charge in [0.2, 0.25) is 5.91 Å². The van der Waals surface area contributed by atoms with Crippen LogP contribution in [0.5, 0.6) is 5.75 Å². The number of carbonyl (C=O) groups excluding carboxylic acids is 2. The summed E-state index contributed by atoms with van der Waals surface area (Å²) in [5.74, 6) is -0.503. The Morgan fingerprint density at radius 3 is 2.23 bits per heavy atom. The van der Waals surface area contributed by atoms with E-state index >= 15 is 0 Å². The van der Waals surface area contributed by atoms with E-state index in [1.165, 1.54) is 0 Å². The lowest BCUT2D eigenvalue weighted by Crippen LogP contribution is -2.44. The number of halogens is 1. The van der Waals surface area contributed by atoms with Gasteiger partial charge in [-0.2, -0.15) is 0 Å². The number of nitrogens with one attached hydrogen (secondary N) is 1. The first kappa shape index (κ1) is 18.6. The maximum absolute atomic E-state index is 13.1. The van der Waals surface area contributed by atoms with Crippen molar-refractivity contribution in [2.75, 3.05) is 0 Å². The smallest absolute Gasteiger partial charge is 0.321 e. The standard InChI is InChI=1S/C20H20BrNO4/c21-16-8-6-15(7-9-16)20(12-10-14(11-13-20)18(23)22-25)19(24)26-17-4-2-1-3-5-17/h1-9,14,25H,10-13H2,(H,22,23). The summed E-state index contributed by atoms with van der Waals surface area (Å²) < 4.78 is 6.59. The van der Waals surface area contributed by atoms with Crippen LogP contribution in [-0.2, 0) is 15.0 Å². The van der Waals surface area contributed by atoms with Crippen molar-refractivity contribution in [3.63, 3.8) is 0 Å². The molecule has 3 rings (SSSR count). The maximum Gasteiger partial charge on any atom is 0.321 e. The number of amides is 1. The van der Waals surface area contributed by atoms with Gasteiger partial charge in [0.1, 0.15) is 5.75 Å². The number of para-hydroxylation sites is 1. The topological polar surface area (TPSA) is 75.6 Å². The summed E-state index contributed by atoms with van der Waals surface area (Å²) in [5.41, 5.74) is 1.79. The molecule has 26 heavy (non-hydrogen) atoms. The second kappa shape index (κ2) is 8.01. The fraction of sp³-hybridized carbons (Fsp3) is 0.300. The lowest BCUT2D eigenvalue weighted by molar-refractivity contribution is -0.145. The number of hydrogen-bond acceptors (Lipinski definition) is 4. The van der Waals surface area contributed by atoms with Crippen LogP contribution in [0.2, 0.25) is 0 Å². The molecule has 0 radical (unpaired) electrons. The van der Waals surface area contributed by atoms with E-state index in [-0.39, 0.29) is 11.9 Å². The number of esters is 1. The predicted octanol–water partition coefficient (Wildman–Crippen LogP) is 3.99. The van der Waals surface area contributed by atoms with Crippen molar-refractivity contribution >= 4 is 27.8 Å². The third kappa shape index (κ3) is 3.81. The van der Waals surface area contributed by atoms with Gasteiger partial charge in [-0.05, 0) is 55.5 Å². The molecule has 0 heterocycles. The van der Waals surface area contributed by atoms with E-state index in [0.717, 1.165) is 10.0 Å². The molecule has 0 spiro atoms. The van der Waals surface area contributed by atoms with E-state index in [2.05, 4.69) is 15.9 Å². The van der Waals surface area contributed by atoms with E-state index in [1.807, 2.05) is 42.5 Å². The van der Waals surface area contributed by atoms with Gasteiger partial charge in [-0.15, -0.1) is 0 Å². The molecule has 5 nitrogen and oxygen atoms in total. The van der Waals surface area contributed by atoms with Crippen LogP contribution in [0, 0.1) is 5.92 Å². The molecule has 0 unspecified atom stereocenters. The largest absolute Gasteiger partial charge is 0.426 e. The molecule has 0 bridgehead atoms. The summed E-state index contributed by atoms with van der Waals surface area (Å²) in [5, 5.41) is 8.87. The summed E-state index contributed by atoms with van der Waals surface area (Å²) >= 11 is 3.42. The summed E-state index contributed by atoms with van der Waals surface area (Å²) in [6, 6.07) is 16.6. The molecule has 0 aromatic heterocycles. The molecule has 0 atom stereocenters. The Morgan fingerprint density at radius 1 is 1.04 bits per heavy atom. The van der Waals surface area contributed by atoms with Gasteiger partial charge >= 0.3 is 5.97 Å². The van der Waals surface area contributed by atoms with Gasteiger partial charge in [0.05, 0.1) is 5.41 Å².